The minimum Gasteiger partial charge on any atom is -0.465 e. The van der Waals surface area contributed by atoms with E-state index in [9.17, 15) is 4.79 Å². The van der Waals surface area contributed by atoms with Crippen molar-refractivity contribution < 1.29 is 9.53 Å². The van der Waals surface area contributed by atoms with Crippen LogP contribution in [0.15, 0.2) is 24.3 Å². The number of fused-ring (bicyclic) bond motifs is 1. The van der Waals surface area contributed by atoms with Gasteiger partial charge >= 0.3 is 5.97 Å². The van der Waals surface area contributed by atoms with E-state index in [2.05, 4.69) is 38.2 Å². The number of cyclic esters (lactones) is 1. The molecule has 2 heteroatoms. The molecule has 2 rings (SSSR count). The van der Waals surface area contributed by atoms with Gasteiger partial charge < -0.3 is 4.74 Å². The Morgan fingerprint density at radius 3 is 2.50 bits per heavy atom. The molecule has 1 heterocycles. The predicted molar refractivity (Wildman–Crippen MR) is 73.1 cm³/mol. The number of hydrogen-bond donors (Lipinski definition) is 0. The number of esters is 1. The Morgan fingerprint density at radius 1 is 1.22 bits per heavy atom. The van der Waals surface area contributed by atoms with Crippen LogP contribution in [0.3, 0.4) is 0 Å². The zero-order valence-electron chi connectivity index (χ0n) is 11.5. The fourth-order valence-corrected chi connectivity index (χ4v) is 3.09. The average molecular weight is 248 g/mol. The van der Waals surface area contributed by atoms with Gasteiger partial charge in [-0.15, -0.1) is 0 Å². The Kier molecular flexibility index (Phi) is 4.26. The van der Waals surface area contributed by atoms with Crippen LogP contribution in [-0.2, 0) is 9.53 Å². The standard InChI is InChI=1S/C16H24O2/c1-3-4-5-6-7-8-9-10-11-16(2)13-12-18-15(17)14(13)16/h4-5,8-9,13-14H,3,6-7,10-12H2,1-2H3. The van der Waals surface area contributed by atoms with Gasteiger partial charge in [-0.05, 0) is 37.5 Å². The highest BCUT2D eigenvalue weighted by Crippen LogP contribution is 2.64. The molecule has 1 saturated heterocycles. The zero-order chi connectivity index (χ0) is 13.0. The maximum absolute atomic E-state index is 11.4. The lowest BCUT2D eigenvalue weighted by atomic mass is 9.97. The number of carbonyl (C=O) groups excluding carboxylic acids is 1. The second-order valence-electron chi connectivity index (χ2n) is 5.69. The van der Waals surface area contributed by atoms with Crippen molar-refractivity contribution in [2.75, 3.05) is 6.61 Å². The van der Waals surface area contributed by atoms with Crippen molar-refractivity contribution in [2.24, 2.45) is 17.3 Å². The van der Waals surface area contributed by atoms with Crippen molar-refractivity contribution in [1.82, 2.24) is 0 Å². The molecule has 3 unspecified atom stereocenters. The van der Waals surface area contributed by atoms with Crippen LogP contribution in [0.4, 0.5) is 0 Å². The topological polar surface area (TPSA) is 26.3 Å². The molecular weight excluding hydrogens is 224 g/mol. The Bertz CT molecular complexity index is 356. The first-order valence-corrected chi connectivity index (χ1v) is 7.16. The van der Waals surface area contributed by atoms with E-state index in [0.717, 1.165) is 32.1 Å². The van der Waals surface area contributed by atoms with E-state index in [1.165, 1.54) is 0 Å². The molecule has 0 aromatic rings. The van der Waals surface area contributed by atoms with Gasteiger partial charge in [-0.3, -0.25) is 4.79 Å². The molecule has 3 atom stereocenters. The lowest BCUT2D eigenvalue weighted by Crippen LogP contribution is -2.13. The van der Waals surface area contributed by atoms with Crippen LogP contribution in [0.1, 0.15) is 46.0 Å². The Balaban J connectivity index is 1.60. The summed E-state index contributed by atoms with van der Waals surface area (Å²) in [6.45, 7) is 5.05. The van der Waals surface area contributed by atoms with Gasteiger partial charge in [-0.25, -0.2) is 0 Å². The van der Waals surface area contributed by atoms with Crippen molar-refractivity contribution >= 4 is 5.97 Å². The highest BCUT2D eigenvalue weighted by Gasteiger charge is 2.68. The van der Waals surface area contributed by atoms with E-state index < -0.39 is 0 Å². The molecule has 18 heavy (non-hydrogen) atoms. The smallest absolute Gasteiger partial charge is 0.309 e. The van der Waals surface area contributed by atoms with Crippen LogP contribution in [0.25, 0.3) is 0 Å². The first-order valence-electron chi connectivity index (χ1n) is 7.16. The quantitative estimate of drug-likeness (QED) is 0.388. The number of rotatable bonds is 7. The monoisotopic (exact) mass is 248 g/mol. The summed E-state index contributed by atoms with van der Waals surface area (Å²) in [7, 11) is 0. The first kappa shape index (κ1) is 13.4. The Labute approximate surface area is 110 Å². The van der Waals surface area contributed by atoms with E-state index in [-0.39, 0.29) is 17.3 Å². The largest absolute Gasteiger partial charge is 0.465 e. The molecule has 1 aliphatic heterocycles. The number of carbonyl (C=O) groups is 1. The van der Waals surface area contributed by atoms with Crippen molar-refractivity contribution in [3.05, 3.63) is 24.3 Å². The Morgan fingerprint density at radius 2 is 1.89 bits per heavy atom. The molecule has 0 spiro atoms. The minimum absolute atomic E-state index is 0.0381. The van der Waals surface area contributed by atoms with Crippen LogP contribution in [0, 0.1) is 17.3 Å². The maximum atomic E-state index is 11.4. The van der Waals surface area contributed by atoms with Gasteiger partial charge in [-0.2, -0.15) is 0 Å². The summed E-state index contributed by atoms with van der Waals surface area (Å²) in [5.74, 6) is 0.750. The molecule has 1 saturated carbocycles. The molecule has 0 amide bonds. The lowest BCUT2D eigenvalue weighted by Gasteiger charge is -2.13. The average Bonchev–Trinajstić information content (AvgIpc) is 2.71. The fourth-order valence-electron chi connectivity index (χ4n) is 3.09. The van der Waals surface area contributed by atoms with E-state index in [0.29, 0.717) is 12.5 Å². The summed E-state index contributed by atoms with van der Waals surface area (Å²) in [6.07, 6.45) is 14.6. The summed E-state index contributed by atoms with van der Waals surface area (Å²) in [6, 6.07) is 0. The molecule has 100 valence electrons. The molecule has 0 aromatic carbocycles. The number of allylic oxidation sites excluding steroid dienone is 4. The summed E-state index contributed by atoms with van der Waals surface area (Å²) in [4.78, 5) is 11.4. The van der Waals surface area contributed by atoms with E-state index in [4.69, 9.17) is 4.74 Å². The number of unbranched alkanes of at least 4 members (excludes halogenated alkanes) is 1. The number of hydrogen-bond acceptors (Lipinski definition) is 2. The third-order valence-electron chi connectivity index (χ3n) is 4.43. The number of ether oxygens (including phenoxy) is 1. The van der Waals surface area contributed by atoms with Crippen molar-refractivity contribution in [1.29, 1.82) is 0 Å². The summed E-state index contributed by atoms with van der Waals surface area (Å²) in [5, 5.41) is 0. The minimum atomic E-state index is 0.0381. The molecule has 2 aliphatic rings. The molecule has 2 fully saturated rings. The molecule has 0 aromatic heterocycles. The van der Waals surface area contributed by atoms with E-state index in [1.807, 2.05) is 0 Å². The van der Waals surface area contributed by atoms with Crippen LogP contribution < -0.4 is 0 Å². The second kappa shape index (κ2) is 5.73. The molecule has 0 radical (unpaired) electrons. The van der Waals surface area contributed by atoms with Crippen molar-refractivity contribution in [2.45, 2.75) is 46.0 Å². The maximum Gasteiger partial charge on any atom is 0.309 e. The summed E-state index contributed by atoms with van der Waals surface area (Å²) >= 11 is 0. The highest BCUT2D eigenvalue weighted by atomic mass is 16.5. The van der Waals surface area contributed by atoms with Gasteiger partial charge in [0.05, 0.1) is 12.5 Å². The summed E-state index contributed by atoms with van der Waals surface area (Å²) < 4.78 is 5.03. The lowest BCUT2D eigenvalue weighted by molar-refractivity contribution is -0.143. The van der Waals surface area contributed by atoms with Gasteiger partial charge in [0.2, 0.25) is 0 Å². The van der Waals surface area contributed by atoms with Crippen LogP contribution in [0.5, 0.6) is 0 Å². The zero-order valence-corrected chi connectivity index (χ0v) is 11.5. The van der Waals surface area contributed by atoms with Crippen molar-refractivity contribution in [3.63, 3.8) is 0 Å². The predicted octanol–water partition coefficient (Wildman–Crippen LogP) is 3.88. The molecule has 0 N–H and O–H groups in total. The molecule has 2 nitrogen and oxygen atoms in total. The van der Waals surface area contributed by atoms with Crippen LogP contribution in [0.2, 0.25) is 0 Å². The Hall–Kier alpha value is -1.05. The van der Waals surface area contributed by atoms with Gasteiger partial charge in [0, 0.05) is 5.92 Å². The van der Waals surface area contributed by atoms with Gasteiger partial charge in [-0.1, -0.05) is 38.2 Å². The molecular formula is C16H24O2. The molecule has 0 bridgehead atoms. The third kappa shape index (κ3) is 2.68. The SMILES string of the molecule is CCC=CCCC=CCCC1(C)C2COC(=O)C21. The van der Waals surface area contributed by atoms with Crippen molar-refractivity contribution in [3.8, 4) is 0 Å². The fraction of sp³-hybridized carbons (Fsp3) is 0.688. The third-order valence-corrected chi connectivity index (χ3v) is 4.43. The summed E-state index contributed by atoms with van der Waals surface area (Å²) in [5.41, 5.74) is 0.238. The highest BCUT2D eigenvalue weighted by molar-refractivity contribution is 5.80. The molecule has 1 aliphatic carbocycles. The van der Waals surface area contributed by atoms with E-state index >= 15 is 0 Å². The van der Waals surface area contributed by atoms with Gasteiger partial charge in [0.1, 0.15) is 0 Å². The van der Waals surface area contributed by atoms with Gasteiger partial charge in [0.25, 0.3) is 0 Å². The van der Waals surface area contributed by atoms with Crippen LogP contribution in [-0.4, -0.2) is 12.6 Å². The van der Waals surface area contributed by atoms with Crippen LogP contribution >= 0.6 is 0 Å². The van der Waals surface area contributed by atoms with E-state index in [1.54, 1.807) is 0 Å². The van der Waals surface area contributed by atoms with Gasteiger partial charge in [0.15, 0.2) is 0 Å². The normalized spacial score (nSPS) is 34.2. The first-order chi connectivity index (χ1) is 8.70. The second-order valence-corrected chi connectivity index (χ2v) is 5.69.